The number of thioether (sulfide) groups is 1. The molecule has 0 aromatic carbocycles. The van der Waals surface area contributed by atoms with Crippen LogP contribution in [0.4, 0.5) is 0 Å². The van der Waals surface area contributed by atoms with Gasteiger partial charge in [-0.3, -0.25) is 4.99 Å². The molecule has 1 atom stereocenters. The fourth-order valence-corrected chi connectivity index (χ4v) is 3.09. The predicted molar refractivity (Wildman–Crippen MR) is 56.5 cm³/mol. The van der Waals surface area contributed by atoms with Crippen LogP contribution in [0.5, 0.6) is 0 Å². The van der Waals surface area contributed by atoms with Crippen molar-refractivity contribution >= 4 is 16.9 Å². The lowest BCUT2D eigenvalue weighted by molar-refractivity contribution is 0.286. The summed E-state index contributed by atoms with van der Waals surface area (Å²) in [5, 5.41) is 0.736. The van der Waals surface area contributed by atoms with Gasteiger partial charge in [-0.25, -0.2) is 0 Å². The maximum atomic E-state index is 5.71. The lowest BCUT2D eigenvalue weighted by Gasteiger charge is -2.34. The van der Waals surface area contributed by atoms with Gasteiger partial charge in [-0.05, 0) is 19.3 Å². The maximum Gasteiger partial charge on any atom is 0.154 e. The van der Waals surface area contributed by atoms with Gasteiger partial charge in [-0.2, -0.15) is 0 Å². The molecule has 70 valence electrons. The summed E-state index contributed by atoms with van der Waals surface area (Å²) in [4.78, 5) is 4.47. The maximum absolute atomic E-state index is 5.71. The first-order chi connectivity index (χ1) is 5.23. The third-order valence-corrected chi connectivity index (χ3v) is 3.17. The second kappa shape index (κ2) is 2.66. The Morgan fingerprint density at radius 1 is 1.42 bits per heavy atom. The molecule has 2 N–H and O–H groups in total. The average molecular weight is 186 g/mol. The van der Waals surface area contributed by atoms with E-state index in [1.54, 1.807) is 11.8 Å². The zero-order chi connectivity index (χ0) is 9.57. The lowest BCUT2D eigenvalue weighted by atomic mass is 9.80. The van der Waals surface area contributed by atoms with Crippen LogP contribution in [0.25, 0.3) is 0 Å². The molecule has 0 bridgehead atoms. The number of hydrogen-bond acceptors (Lipinski definition) is 3. The molecule has 0 aromatic heterocycles. The van der Waals surface area contributed by atoms with E-state index >= 15 is 0 Å². The van der Waals surface area contributed by atoms with Gasteiger partial charge in [0.1, 0.15) is 0 Å². The van der Waals surface area contributed by atoms with Crippen molar-refractivity contribution in [1.82, 2.24) is 0 Å². The molecule has 0 spiro atoms. The minimum atomic E-state index is 0.155. The Kier molecular flexibility index (Phi) is 2.19. The highest BCUT2D eigenvalue weighted by Gasteiger charge is 2.43. The number of nitrogens with two attached hydrogens (primary N) is 1. The van der Waals surface area contributed by atoms with Crippen LogP contribution in [0, 0.1) is 5.41 Å². The summed E-state index contributed by atoms with van der Waals surface area (Å²) in [5.74, 6) is 0. The third-order valence-electron chi connectivity index (χ3n) is 2.10. The quantitative estimate of drug-likeness (QED) is 0.630. The first-order valence-electron chi connectivity index (χ1n) is 4.26. The second-order valence-corrected chi connectivity index (χ2v) is 6.62. The van der Waals surface area contributed by atoms with E-state index in [0.29, 0.717) is 6.04 Å². The van der Waals surface area contributed by atoms with Crippen LogP contribution < -0.4 is 5.73 Å². The Morgan fingerprint density at radius 2 is 1.92 bits per heavy atom. The monoisotopic (exact) mass is 186 g/mol. The first-order valence-corrected chi connectivity index (χ1v) is 5.07. The van der Waals surface area contributed by atoms with E-state index in [0.717, 1.165) is 5.17 Å². The van der Waals surface area contributed by atoms with Crippen LogP contribution in [0.15, 0.2) is 4.99 Å². The molecule has 0 radical (unpaired) electrons. The van der Waals surface area contributed by atoms with Crippen molar-refractivity contribution in [2.45, 2.75) is 45.4 Å². The molecule has 12 heavy (non-hydrogen) atoms. The normalized spacial score (nSPS) is 28.8. The van der Waals surface area contributed by atoms with Gasteiger partial charge in [0, 0.05) is 4.75 Å². The number of hydrogen-bond donors (Lipinski definition) is 1. The highest BCUT2D eigenvalue weighted by molar-refractivity contribution is 8.15. The highest BCUT2D eigenvalue weighted by atomic mass is 32.2. The third kappa shape index (κ3) is 1.76. The summed E-state index contributed by atoms with van der Waals surface area (Å²) in [5.41, 5.74) is 5.92. The van der Waals surface area contributed by atoms with Crippen LogP contribution in [-0.4, -0.2) is 16.0 Å². The molecule has 1 heterocycles. The zero-order valence-corrected chi connectivity index (χ0v) is 9.33. The van der Waals surface area contributed by atoms with Crippen molar-refractivity contribution < 1.29 is 0 Å². The minimum Gasteiger partial charge on any atom is -0.379 e. The number of nitrogens with zero attached hydrogens (tertiary/aromatic N) is 1. The average Bonchev–Trinajstić information content (AvgIpc) is 2.02. The summed E-state index contributed by atoms with van der Waals surface area (Å²) < 4.78 is 0.155. The molecule has 1 unspecified atom stereocenters. The predicted octanol–water partition coefficient (Wildman–Crippen LogP) is 2.24. The Morgan fingerprint density at radius 3 is 2.08 bits per heavy atom. The van der Waals surface area contributed by atoms with Crippen molar-refractivity contribution in [1.29, 1.82) is 0 Å². The van der Waals surface area contributed by atoms with Crippen molar-refractivity contribution in [2.75, 3.05) is 0 Å². The van der Waals surface area contributed by atoms with Gasteiger partial charge in [0.2, 0.25) is 0 Å². The van der Waals surface area contributed by atoms with E-state index < -0.39 is 0 Å². The van der Waals surface area contributed by atoms with Gasteiger partial charge < -0.3 is 5.73 Å². The highest BCUT2D eigenvalue weighted by Crippen LogP contribution is 2.43. The van der Waals surface area contributed by atoms with Crippen LogP contribution >= 0.6 is 11.8 Å². The van der Waals surface area contributed by atoms with Gasteiger partial charge in [0.05, 0.1) is 6.04 Å². The van der Waals surface area contributed by atoms with E-state index in [2.05, 4.69) is 39.6 Å². The molecule has 1 aliphatic rings. The summed E-state index contributed by atoms with van der Waals surface area (Å²) in [6, 6.07) is 0.329. The van der Waals surface area contributed by atoms with Crippen LogP contribution in [-0.2, 0) is 0 Å². The van der Waals surface area contributed by atoms with E-state index in [1.807, 2.05) is 0 Å². The van der Waals surface area contributed by atoms with E-state index in [4.69, 9.17) is 5.73 Å². The van der Waals surface area contributed by atoms with Gasteiger partial charge in [-0.15, -0.1) is 0 Å². The standard InChI is InChI=1S/C9H18N2S/c1-8(2,3)6-9(4,5)12-7(10)11-6/h6H,1-5H3,(H2,10,11). The lowest BCUT2D eigenvalue weighted by Crippen LogP contribution is -2.38. The number of amidine groups is 1. The number of rotatable bonds is 0. The molecule has 0 saturated carbocycles. The van der Waals surface area contributed by atoms with Gasteiger partial charge >= 0.3 is 0 Å². The summed E-state index contributed by atoms with van der Waals surface area (Å²) in [6.45, 7) is 11.0. The molecular formula is C9H18N2S. The van der Waals surface area contributed by atoms with Crippen molar-refractivity contribution in [3.63, 3.8) is 0 Å². The van der Waals surface area contributed by atoms with Crippen molar-refractivity contribution in [3.05, 3.63) is 0 Å². The van der Waals surface area contributed by atoms with E-state index in [-0.39, 0.29) is 10.2 Å². The van der Waals surface area contributed by atoms with Gasteiger partial charge in [-0.1, -0.05) is 32.5 Å². The summed E-state index contributed by atoms with van der Waals surface area (Å²) >= 11 is 1.69. The smallest absolute Gasteiger partial charge is 0.154 e. The van der Waals surface area contributed by atoms with Crippen molar-refractivity contribution in [2.24, 2.45) is 16.1 Å². The second-order valence-electron chi connectivity index (χ2n) is 4.94. The molecular weight excluding hydrogens is 168 g/mol. The molecule has 0 amide bonds. The molecule has 0 aliphatic carbocycles. The number of aliphatic imine (C=N–C) groups is 1. The topological polar surface area (TPSA) is 38.4 Å². The van der Waals surface area contributed by atoms with Crippen LogP contribution in [0.3, 0.4) is 0 Å². The molecule has 1 rings (SSSR count). The minimum absolute atomic E-state index is 0.155. The fraction of sp³-hybridized carbons (Fsp3) is 0.889. The summed E-state index contributed by atoms with van der Waals surface area (Å²) in [6.07, 6.45) is 0. The largest absolute Gasteiger partial charge is 0.379 e. The Labute approximate surface area is 79.0 Å². The Bertz CT molecular complexity index is 213. The van der Waals surface area contributed by atoms with E-state index in [9.17, 15) is 0 Å². The first kappa shape index (κ1) is 9.90. The van der Waals surface area contributed by atoms with Gasteiger partial charge in [0.15, 0.2) is 5.17 Å². The molecule has 0 saturated heterocycles. The van der Waals surface area contributed by atoms with E-state index in [1.165, 1.54) is 0 Å². The van der Waals surface area contributed by atoms with Gasteiger partial charge in [0.25, 0.3) is 0 Å². The summed E-state index contributed by atoms with van der Waals surface area (Å²) in [7, 11) is 0. The van der Waals surface area contributed by atoms with Crippen molar-refractivity contribution in [3.8, 4) is 0 Å². The molecule has 0 fully saturated rings. The molecule has 3 heteroatoms. The molecule has 1 aliphatic heterocycles. The fourth-order valence-electron chi connectivity index (χ4n) is 1.87. The molecule has 0 aromatic rings. The Hall–Kier alpha value is -0.180. The Balaban J connectivity index is 2.90. The van der Waals surface area contributed by atoms with Crippen LogP contribution in [0.2, 0.25) is 0 Å². The SMILES string of the molecule is CC(C)(C)C1N=C(N)SC1(C)C. The zero-order valence-electron chi connectivity index (χ0n) is 8.51. The van der Waals surface area contributed by atoms with Crippen LogP contribution in [0.1, 0.15) is 34.6 Å². The molecule has 2 nitrogen and oxygen atoms in total.